The number of cyclic esters (lactones) is 1. The number of fused-ring (bicyclic) bond motifs is 1. The van der Waals surface area contributed by atoms with Crippen LogP contribution in [0.1, 0.15) is 21.5 Å². The van der Waals surface area contributed by atoms with Crippen molar-refractivity contribution in [3.8, 4) is 17.2 Å². The van der Waals surface area contributed by atoms with Gasteiger partial charge < -0.3 is 4.74 Å². The predicted octanol–water partition coefficient (Wildman–Crippen LogP) is 3.03. The summed E-state index contributed by atoms with van der Waals surface area (Å²) in [4.78, 5) is 11.4. The van der Waals surface area contributed by atoms with E-state index in [1.807, 2.05) is 0 Å². The first kappa shape index (κ1) is 11.4. The van der Waals surface area contributed by atoms with Crippen molar-refractivity contribution in [1.82, 2.24) is 0 Å². The highest BCUT2D eigenvalue weighted by atomic mass is 19.1. The Hall–Kier alpha value is -2.67. The fraction of sp³-hybridized carbons (Fsp3) is 0.0667. The van der Waals surface area contributed by atoms with Crippen molar-refractivity contribution >= 4 is 5.97 Å². The largest absolute Gasteiger partial charge is 0.457 e. The fourth-order valence-corrected chi connectivity index (χ4v) is 2.14. The van der Waals surface area contributed by atoms with Crippen LogP contribution in [0.2, 0.25) is 0 Å². The minimum absolute atomic E-state index is 0.216. The molecule has 0 fully saturated rings. The summed E-state index contributed by atoms with van der Waals surface area (Å²) >= 11 is 0. The van der Waals surface area contributed by atoms with Gasteiger partial charge in [-0.1, -0.05) is 12.1 Å². The first-order chi connectivity index (χ1) is 9.19. The predicted molar refractivity (Wildman–Crippen MR) is 65.7 cm³/mol. The summed E-state index contributed by atoms with van der Waals surface area (Å²) in [5.74, 6) is -0.737. The normalized spacial score (nSPS) is 12.7. The number of nitrogens with zero attached hydrogens (tertiary/aromatic N) is 1. The van der Waals surface area contributed by atoms with E-state index >= 15 is 0 Å². The van der Waals surface area contributed by atoms with E-state index in [4.69, 9.17) is 4.74 Å². The first-order valence-electron chi connectivity index (χ1n) is 5.69. The minimum Gasteiger partial charge on any atom is -0.457 e. The highest BCUT2D eigenvalue weighted by molar-refractivity contribution is 5.95. The van der Waals surface area contributed by atoms with Crippen molar-refractivity contribution in [2.75, 3.05) is 0 Å². The zero-order valence-corrected chi connectivity index (χ0v) is 9.81. The van der Waals surface area contributed by atoms with E-state index in [1.165, 1.54) is 18.2 Å². The molecule has 2 aromatic carbocycles. The Morgan fingerprint density at radius 3 is 2.58 bits per heavy atom. The number of hydrogen-bond acceptors (Lipinski definition) is 3. The molecule has 0 aromatic heterocycles. The van der Waals surface area contributed by atoms with E-state index in [-0.39, 0.29) is 12.4 Å². The number of esters is 1. The van der Waals surface area contributed by atoms with Gasteiger partial charge in [0.25, 0.3) is 0 Å². The Labute approximate surface area is 108 Å². The molecule has 0 radical (unpaired) electrons. The van der Waals surface area contributed by atoms with Crippen LogP contribution in [-0.2, 0) is 11.3 Å². The molecule has 1 heterocycles. The van der Waals surface area contributed by atoms with Crippen molar-refractivity contribution in [3.05, 3.63) is 58.9 Å². The Balaban J connectivity index is 2.19. The maximum absolute atomic E-state index is 12.9. The molecule has 0 saturated carbocycles. The number of carbonyl (C=O) groups is 1. The van der Waals surface area contributed by atoms with Crippen molar-refractivity contribution in [2.24, 2.45) is 0 Å². The number of rotatable bonds is 1. The van der Waals surface area contributed by atoms with Crippen LogP contribution in [0.3, 0.4) is 0 Å². The second kappa shape index (κ2) is 4.21. The highest BCUT2D eigenvalue weighted by Crippen LogP contribution is 2.30. The number of halogens is 1. The molecule has 0 saturated heterocycles. The molecule has 0 aliphatic carbocycles. The molecule has 1 aliphatic rings. The number of ether oxygens (including phenoxy) is 1. The lowest BCUT2D eigenvalue weighted by Gasteiger charge is -2.06. The summed E-state index contributed by atoms with van der Waals surface area (Å²) in [5, 5.41) is 9.18. The lowest BCUT2D eigenvalue weighted by atomic mass is 9.95. The molecular formula is C15H8FNO2. The third-order valence-corrected chi connectivity index (χ3v) is 3.10. The van der Waals surface area contributed by atoms with Gasteiger partial charge in [0.2, 0.25) is 0 Å². The van der Waals surface area contributed by atoms with E-state index in [9.17, 15) is 14.4 Å². The maximum atomic E-state index is 12.9. The minimum atomic E-state index is -0.405. The van der Waals surface area contributed by atoms with Crippen LogP contribution >= 0.6 is 0 Å². The highest BCUT2D eigenvalue weighted by Gasteiger charge is 2.23. The molecule has 3 nitrogen and oxygen atoms in total. The molecule has 0 atom stereocenters. The van der Waals surface area contributed by atoms with E-state index in [0.717, 1.165) is 11.1 Å². The fourth-order valence-electron chi connectivity index (χ4n) is 2.14. The van der Waals surface area contributed by atoms with Gasteiger partial charge in [0.1, 0.15) is 12.4 Å². The standard InChI is InChI=1S/C15H8FNO2/c16-12-3-1-9(2-4-12)13-6-11-8-19-15(18)14(11)5-10(13)7-17/h1-6H,8H2. The van der Waals surface area contributed by atoms with Crippen LogP contribution in [0, 0.1) is 17.1 Å². The monoisotopic (exact) mass is 253 g/mol. The second-order valence-electron chi connectivity index (χ2n) is 4.25. The molecular weight excluding hydrogens is 245 g/mol. The molecule has 1 aliphatic heterocycles. The number of nitriles is 1. The smallest absolute Gasteiger partial charge is 0.338 e. The zero-order valence-electron chi connectivity index (χ0n) is 9.81. The summed E-state index contributed by atoms with van der Waals surface area (Å²) in [5.41, 5.74) is 2.98. The molecule has 4 heteroatoms. The van der Waals surface area contributed by atoms with E-state index in [1.54, 1.807) is 18.2 Å². The molecule has 19 heavy (non-hydrogen) atoms. The summed E-state index contributed by atoms with van der Waals surface area (Å²) in [6, 6.07) is 11.2. The lowest BCUT2D eigenvalue weighted by molar-refractivity contribution is 0.0535. The van der Waals surface area contributed by atoms with Gasteiger partial charge in [-0.25, -0.2) is 9.18 Å². The average Bonchev–Trinajstić information content (AvgIpc) is 2.79. The van der Waals surface area contributed by atoms with Gasteiger partial charge in [-0.3, -0.25) is 0 Å². The van der Waals surface area contributed by atoms with Gasteiger partial charge in [-0.15, -0.1) is 0 Å². The maximum Gasteiger partial charge on any atom is 0.338 e. The zero-order chi connectivity index (χ0) is 13.4. The lowest BCUT2D eigenvalue weighted by Crippen LogP contribution is -1.96. The quantitative estimate of drug-likeness (QED) is 0.734. The van der Waals surface area contributed by atoms with E-state index in [2.05, 4.69) is 6.07 Å². The van der Waals surface area contributed by atoms with Crippen LogP contribution in [0.4, 0.5) is 4.39 Å². The summed E-state index contributed by atoms with van der Waals surface area (Å²) in [6.07, 6.45) is 0. The molecule has 0 N–H and O–H groups in total. The second-order valence-corrected chi connectivity index (χ2v) is 4.25. The Kier molecular flexibility index (Phi) is 2.53. The molecule has 0 spiro atoms. The first-order valence-corrected chi connectivity index (χ1v) is 5.69. The van der Waals surface area contributed by atoms with Crippen molar-refractivity contribution in [1.29, 1.82) is 5.26 Å². The Morgan fingerprint density at radius 2 is 1.89 bits per heavy atom. The van der Waals surface area contributed by atoms with Crippen LogP contribution < -0.4 is 0 Å². The number of carbonyl (C=O) groups excluding carboxylic acids is 1. The van der Waals surface area contributed by atoms with Crippen LogP contribution in [0.25, 0.3) is 11.1 Å². The molecule has 3 rings (SSSR count). The Bertz CT molecular complexity index is 714. The van der Waals surface area contributed by atoms with Crippen molar-refractivity contribution in [3.63, 3.8) is 0 Å². The third kappa shape index (κ3) is 1.85. The van der Waals surface area contributed by atoms with Gasteiger partial charge in [0, 0.05) is 5.56 Å². The average molecular weight is 253 g/mol. The topological polar surface area (TPSA) is 50.1 Å². The van der Waals surface area contributed by atoms with Crippen LogP contribution in [0.5, 0.6) is 0 Å². The van der Waals surface area contributed by atoms with Crippen LogP contribution in [0.15, 0.2) is 36.4 Å². The van der Waals surface area contributed by atoms with Gasteiger partial charge in [-0.05, 0) is 35.4 Å². The van der Waals surface area contributed by atoms with Gasteiger partial charge >= 0.3 is 5.97 Å². The number of hydrogen-bond donors (Lipinski definition) is 0. The van der Waals surface area contributed by atoms with Crippen molar-refractivity contribution < 1.29 is 13.9 Å². The molecule has 0 amide bonds. The van der Waals surface area contributed by atoms with Gasteiger partial charge in [-0.2, -0.15) is 5.26 Å². The van der Waals surface area contributed by atoms with Gasteiger partial charge in [0.05, 0.1) is 17.2 Å². The SMILES string of the molecule is N#Cc1cc2c(cc1-c1ccc(F)cc1)COC2=O. The number of benzene rings is 2. The molecule has 2 aromatic rings. The van der Waals surface area contributed by atoms with Gasteiger partial charge in [0.15, 0.2) is 0 Å². The molecule has 0 unspecified atom stereocenters. The van der Waals surface area contributed by atoms with E-state index < -0.39 is 5.97 Å². The van der Waals surface area contributed by atoms with Crippen LogP contribution in [-0.4, -0.2) is 5.97 Å². The summed E-state index contributed by atoms with van der Waals surface area (Å²) in [7, 11) is 0. The van der Waals surface area contributed by atoms with E-state index in [0.29, 0.717) is 16.7 Å². The Morgan fingerprint density at radius 1 is 1.16 bits per heavy atom. The van der Waals surface area contributed by atoms with Crippen molar-refractivity contribution in [2.45, 2.75) is 6.61 Å². The summed E-state index contributed by atoms with van der Waals surface area (Å²) in [6.45, 7) is 0.216. The molecule has 92 valence electrons. The summed E-state index contributed by atoms with van der Waals surface area (Å²) < 4.78 is 17.9. The molecule has 0 bridgehead atoms. The third-order valence-electron chi connectivity index (χ3n) is 3.10.